The van der Waals surface area contributed by atoms with Crippen molar-refractivity contribution in [3.63, 3.8) is 0 Å². The van der Waals surface area contributed by atoms with Gasteiger partial charge in [0.05, 0.1) is 25.3 Å². The highest BCUT2D eigenvalue weighted by molar-refractivity contribution is 5.80. The van der Waals surface area contributed by atoms with Gasteiger partial charge >= 0.3 is 6.09 Å². The summed E-state index contributed by atoms with van der Waals surface area (Å²) in [6.07, 6.45) is 1.16. The number of amides is 1. The van der Waals surface area contributed by atoms with Crippen LogP contribution in [0.5, 0.6) is 0 Å². The quantitative estimate of drug-likeness (QED) is 0.452. The Labute approximate surface area is 158 Å². The van der Waals surface area contributed by atoms with E-state index in [0.29, 0.717) is 6.54 Å². The standard InChI is InChI=1S/C19H38N4O3/c1-8-19(9-2,23-16(24)26-17(4,5)6)12-22-15(20-10-3)21-11-18(7)13-25-14-18/h8-14H2,1-7H3,(H,23,24)(H2,20,21,22). The summed E-state index contributed by atoms with van der Waals surface area (Å²) in [5, 5.41) is 9.70. The van der Waals surface area contributed by atoms with E-state index >= 15 is 0 Å². The lowest BCUT2D eigenvalue weighted by molar-refractivity contribution is -0.0971. The van der Waals surface area contributed by atoms with E-state index in [1.165, 1.54) is 0 Å². The summed E-state index contributed by atoms with van der Waals surface area (Å²) in [5.74, 6) is 0.762. The molecule has 3 N–H and O–H groups in total. The summed E-state index contributed by atoms with van der Waals surface area (Å²) in [7, 11) is 0. The Morgan fingerprint density at radius 2 is 1.77 bits per heavy atom. The van der Waals surface area contributed by atoms with Gasteiger partial charge in [-0.2, -0.15) is 0 Å². The second-order valence-electron chi connectivity index (χ2n) is 8.47. The monoisotopic (exact) mass is 370 g/mol. The Hall–Kier alpha value is -1.50. The maximum absolute atomic E-state index is 12.2. The molecule has 1 rings (SSSR count). The van der Waals surface area contributed by atoms with Crippen LogP contribution in [0.1, 0.15) is 61.3 Å². The first-order valence-electron chi connectivity index (χ1n) is 9.68. The van der Waals surface area contributed by atoms with Crippen LogP contribution in [0, 0.1) is 5.41 Å². The van der Waals surface area contributed by atoms with E-state index in [1.54, 1.807) is 0 Å². The van der Waals surface area contributed by atoms with Crippen LogP contribution in [0.3, 0.4) is 0 Å². The molecule has 0 aliphatic carbocycles. The van der Waals surface area contributed by atoms with E-state index in [1.807, 2.05) is 27.7 Å². The number of hydrogen-bond acceptors (Lipinski definition) is 4. The summed E-state index contributed by atoms with van der Waals surface area (Å²) >= 11 is 0. The molecule has 152 valence electrons. The smallest absolute Gasteiger partial charge is 0.408 e. The van der Waals surface area contributed by atoms with Crippen molar-refractivity contribution >= 4 is 12.1 Å². The van der Waals surface area contributed by atoms with Crippen LogP contribution in [-0.2, 0) is 9.47 Å². The molecule has 7 heteroatoms. The van der Waals surface area contributed by atoms with Crippen molar-refractivity contribution in [3.8, 4) is 0 Å². The molecule has 0 unspecified atom stereocenters. The average molecular weight is 371 g/mol. The number of rotatable bonds is 8. The fourth-order valence-corrected chi connectivity index (χ4v) is 2.63. The maximum Gasteiger partial charge on any atom is 0.408 e. The molecule has 0 saturated carbocycles. The summed E-state index contributed by atoms with van der Waals surface area (Å²) in [6, 6.07) is 0. The van der Waals surface area contributed by atoms with Crippen molar-refractivity contribution in [2.24, 2.45) is 10.4 Å². The zero-order valence-corrected chi connectivity index (χ0v) is 17.6. The summed E-state index contributed by atoms with van der Waals surface area (Å²) in [6.45, 7) is 17.6. The number of carbonyl (C=O) groups excluding carboxylic acids is 1. The molecule has 1 fully saturated rings. The van der Waals surface area contributed by atoms with Gasteiger partial charge in [-0.05, 0) is 40.5 Å². The van der Waals surface area contributed by atoms with Crippen molar-refractivity contribution in [2.45, 2.75) is 72.4 Å². The third-order valence-corrected chi connectivity index (χ3v) is 4.59. The molecule has 1 amide bonds. The molecule has 0 radical (unpaired) electrons. The van der Waals surface area contributed by atoms with E-state index in [4.69, 9.17) is 14.5 Å². The molecular weight excluding hydrogens is 332 g/mol. The van der Waals surface area contributed by atoms with Crippen LogP contribution in [0.4, 0.5) is 4.79 Å². The second-order valence-corrected chi connectivity index (χ2v) is 8.47. The first-order chi connectivity index (χ1) is 12.1. The average Bonchev–Trinajstić information content (AvgIpc) is 2.52. The molecule has 1 heterocycles. The third-order valence-electron chi connectivity index (χ3n) is 4.59. The van der Waals surface area contributed by atoms with Gasteiger partial charge in [-0.3, -0.25) is 4.99 Å². The van der Waals surface area contributed by atoms with Crippen molar-refractivity contribution in [1.29, 1.82) is 0 Å². The number of nitrogens with zero attached hydrogens (tertiary/aromatic N) is 1. The van der Waals surface area contributed by atoms with Gasteiger partial charge in [0.1, 0.15) is 5.60 Å². The van der Waals surface area contributed by atoms with Crippen molar-refractivity contribution in [3.05, 3.63) is 0 Å². The van der Waals surface area contributed by atoms with Crippen molar-refractivity contribution < 1.29 is 14.3 Å². The Morgan fingerprint density at radius 3 is 2.19 bits per heavy atom. The molecule has 0 atom stereocenters. The zero-order valence-electron chi connectivity index (χ0n) is 17.6. The van der Waals surface area contributed by atoms with Gasteiger partial charge < -0.3 is 25.4 Å². The largest absolute Gasteiger partial charge is 0.444 e. The summed E-state index contributed by atoms with van der Waals surface area (Å²) in [4.78, 5) is 17.0. The highest BCUT2D eigenvalue weighted by Crippen LogP contribution is 2.25. The highest BCUT2D eigenvalue weighted by atomic mass is 16.6. The molecule has 0 aromatic heterocycles. The van der Waals surface area contributed by atoms with Gasteiger partial charge in [-0.1, -0.05) is 20.8 Å². The van der Waals surface area contributed by atoms with E-state index < -0.39 is 17.2 Å². The van der Waals surface area contributed by atoms with Gasteiger partial charge in [0.15, 0.2) is 5.96 Å². The number of aliphatic imine (C=N–C) groups is 1. The topological polar surface area (TPSA) is 84.0 Å². The fourth-order valence-electron chi connectivity index (χ4n) is 2.63. The van der Waals surface area contributed by atoms with Crippen LogP contribution in [0.15, 0.2) is 4.99 Å². The molecule has 1 aliphatic heterocycles. The summed E-state index contributed by atoms with van der Waals surface area (Å²) in [5.41, 5.74) is -0.775. The minimum Gasteiger partial charge on any atom is -0.444 e. The lowest BCUT2D eigenvalue weighted by Gasteiger charge is -2.38. The zero-order chi connectivity index (χ0) is 19.8. The SMILES string of the molecule is CCNC(=NCC(CC)(CC)NC(=O)OC(C)(C)C)NCC1(C)COC1. The van der Waals surface area contributed by atoms with Crippen LogP contribution in [-0.4, -0.2) is 56.0 Å². The van der Waals surface area contributed by atoms with Gasteiger partial charge in [0.25, 0.3) is 0 Å². The fraction of sp³-hybridized carbons (Fsp3) is 0.895. The Balaban J connectivity index is 2.73. The molecule has 0 spiro atoms. The highest BCUT2D eigenvalue weighted by Gasteiger charge is 2.34. The molecule has 1 saturated heterocycles. The molecule has 7 nitrogen and oxygen atoms in total. The third kappa shape index (κ3) is 7.40. The van der Waals surface area contributed by atoms with Crippen LogP contribution in [0.2, 0.25) is 0 Å². The molecule has 26 heavy (non-hydrogen) atoms. The Morgan fingerprint density at radius 1 is 1.15 bits per heavy atom. The van der Waals surface area contributed by atoms with E-state index in [2.05, 4.69) is 36.7 Å². The number of guanidine groups is 1. The van der Waals surface area contributed by atoms with E-state index in [-0.39, 0.29) is 5.41 Å². The van der Waals surface area contributed by atoms with Gasteiger partial charge in [0, 0.05) is 18.5 Å². The van der Waals surface area contributed by atoms with Crippen molar-refractivity contribution in [1.82, 2.24) is 16.0 Å². The van der Waals surface area contributed by atoms with Crippen LogP contribution >= 0.6 is 0 Å². The van der Waals surface area contributed by atoms with Crippen LogP contribution < -0.4 is 16.0 Å². The molecule has 0 aromatic rings. The Bertz CT molecular complexity index is 478. The first kappa shape index (κ1) is 22.5. The minimum absolute atomic E-state index is 0.164. The molecule has 0 aromatic carbocycles. The van der Waals surface area contributed by atoms with Gasteiger partial charge in [-0.25, -0.2) is 4.79 Å². The normalized spacial score (nSPS) is 17.3. The first-order valence-corrected chi connectivity index (χ1v) is 9.68. The predicted molar refractivity (Wildman–Crippen MR) is 106 cm³/mol. The number of ether oxygens (including phenoxy) is 2. The second kappa shape index (κ2) is 9.44. The van der Waals surface area contributed by atoms with Crippen molar-refractivity contribution in [2.75, 3.05) is 32.8 Å². The van der Waals surface area contributed by atoms with Gasteiger partial charge in [-0.15, -0.1) is 0 Å². The van der Waals surface area contributed by atoms with E-state index in [0.717, 1.165) is 45.1 Å². The van der Waals surface area contributed by atoms with Crippen LogP contribution in [0.25, 0.3) is 0 Å². The molecular formula is C19H38N4O3. The number of alkyl carbamates (subject to hydrolysis) is 1. The lowest BCUT2D eigenvalue weighted by Crippen LogP contribution is -2.53. The number of carbonyl (C=O) groups is 1. The van der Waals surface area contributed by atoms with Gasteiger partial charge in [0.2, 0.25) is 0 Å². The maximum atomic E-state index is 12.2. The Kier molecular flexibility index (Phi) is 8.18. The summed E-state index contributed by atoms with van der Waals surface area (Å²) < 4.78 is 10.7. The lowest BCUT2D eigenvalue weighted by atomic mass is 9.89. The number of hydrogen-bond donors (Lipinski definition) is 3. The van der Waals surface area contributed by atoms with E-state index in [9.17, 15) is 4.79 Å². The predicted octanol–water partition coefficient (Wildman–Crippen LogP) is 2.66. The molecule has 1 aliphatic rings. The number of nitrogens with one attached hydrogen (secondary N) is 3. The minimum atomic E-state index is -0.517. The molecule has 0 bridgehead atoms.